The van der Waals surface area contributed by atoms with Crippen molar-refractivity contribution in [1.82, 2.24) is 0 Å². The Morgan fingerprint density at radius 2 is 0.273 bits per heavy atom. The summed E-state index contributed by atoms with van der Waals surface area (Å²) in [5, 5.41) is 135. The smallest absolute Gasteiger partial charge is 0.0742 e. The molecule has 0 bridgehead atoms. The van der Waals surface area contributed by atoms with Crippen LogP contribution in [0.1, 0.15) is 69.2 Å². The van der Waals surface area contributed by atoms with Gasteiger partial charge in [-0.1, -0.05) is 0 Å². The van der Waals surface area contributed by atoms with Crippen molar-refractivity contribution in [3.63, 3.8) is 0 Å². The van der Waals surface area contributed by atoms with Crippen LogP contribution in [0.15, 0.2) is 0 Å². The van der Waals surface area contributed by atoms with E-state index in [4.69, 9.17) is 86.8 Å². The van der Waals surface area contributed by atoms with Crippen molar-refractivity contribution in [3.8, 4) is 0 Å². The third-order valence-corrected chi connectivity index (χ3v) is 1.85. The molecule has 0 radical (unpaired) electrons. The molecule has 0 fully saturated rings. The van der Waals surface area contributed by atoms with E-state index in [1.807, 2.05) is 0 Å². The van der Waals surface area contributed by atoms with Gasteiger partial charge in [-0.15, -0.1) is 0 Å². The van der Waals surface area contributed by atoms with Crippen molar-refractivity contribution < 1.29 is 86.8 Å². The van der Waals surface area contributed by atoms with Gasteiger partial charge >= 0.3 is 0 Å². The molecule has 0 aromatic rings. The Kier molecular flexibility index (Phi) is 125. The molecule has 284 valence electrons. The second kappa shape index (κ2) is 78.6. The quantitative estimate of drug-likeness (QED) is 0.121. The normalized spacial score (nSPS) is 13.2. The highest BCUT2D eigenvalue weighted by Gasteiger charge is 1.85. The van der Waals surface area contributed by atoms with Crippen molar-refractivity contribution in [1.29, 1.82) is 0 Å². The monoisotopic (exact) mass is 670 g/mol. The minimum Gasteiger partial charge on any atom is -0.397 e. The highest BCUT2D eigenvalue weighted by molar-refractivity contribution is 4.36. The summed E-state index contributed by atoms with van der Waals surface area (Å²) < 4.78 is 0. The minimum atomic E-state index is -0.560. The molecule has 17 N–H and O–H groups in total. The second-order valence-electron chi connectivity index (χ2n) is 8.17. The van der Waals surface area contributed by atoms with E-state index in [2.05, 4.69) is 0 Å². The van der Waals surface area contributed by atoms with E-state index in [9.17, 15) is 0 Å². The summed E-state index contributed by atoms with van der Waals surface area (Å²) in [7, 11) is 0. The van der Waals surface area contributed by atoms with Gasteiger partial charge in [0.05, 0.1) is 89.0 Å². The maximum absolute atomic E-state index is 8.11. The average molecular weight is 671 g/mol. The Bertz CT molecular complexity index is 252. The molecule has 7 unspecified atom stereocenters. The number of rotatable bonds is 7. The summed E-state index contributed by atoms with van der Waals surface area (Å²) in [5.74, 6) is 0. The molecule has 0 aliphatic rings. The van der Waals surface area contributed by atoms with Crippen LogP contribution < -0.4 is 0 Å². The van der Waals surface area contributed by atoms with Gasteiger partial charge < -0.3 is 86.8 Å². The molecule has 44 heavy (non-hydrogen) atoms. The lowest BCUT2D eigenvalue weighted by Gasteiger charge is -1.90. The van der Waals surface area contributed by atoms with Crippen molar-refractivity contribution in [2.24, 2.45) is 0 Å². The molecule has 0 aromatic carbocycles. The molecule has 0 spiro atoms. The minimum absolute atomic E-state index is 0.139. The van der Waals surface area contributed by atoms with Crippen molar-refractivity contribution in [2.75, 3.05) is 66.1 Å². The van der Waals surface area contributed by atoms with Crippen LogP contribution in [-0.4, -0.2) is 196 Å². The summed E-state index contributed by atoms with van der Waals surface area (Å²) in [6.45, 7) is 15.5. The Morgan fingerprint density at radius 3 is 0.273 bits per heavy atom. The summed E-state index contributed by atoms with van der Waals surface area (Å²) in [4.78, 5) is 0. The van der Waals surface area contributed by atoms with Gasteiger partial charge in [-0.25, -0.2) is 0 Å². The van der Waals surface area contributed by atoms with Crippen molar-refractivity contribution in [3.05, 3.63) is 0 Å². The largest absolute Gasteiger partial charge is 0.397 e. The number of aliphatic hydroxyl groups is 17. The fourth-order valence-electron chi connectivity index (χ4n) is 0. The molecule has 0 aromatic heterocycles. The summed E-state index contributed by atoms with van der Waals surface area (Å²) >= 11 is 0. The van der Waals surface area contributed by atoms with Gasteiger partial charge in [0.2, 0.25) is 0 Å². The van der Waals surface area contributed by atoms with Crippen LogP contribution in [0.5, 0.6) is 0 Å². The first-order valence-electron chi connectivity index (χ1n) is 14.0. The lowest BCUT2D eigenvalue weighted by Crippen LogP contribution is -2.03. The third kappa shape index (κ3) is 379. The molecular formula is C27H74O17. The van der Waals surface area contributed by atoms with Crippen LogP contribution in [-0.2, 0) is 0 Å². The van der Waals surface area contributed by atoms with Crippen molar-refractivity contribution in [2.45, 2.75) is 112 Å². The highest BCUT2D eigenvalue weighted by Crippen LogP contribution is 1.71. The third-order valence-electron chi connectivity index (χ3n) is 1.85. The number of hydrogen-bond acceptors (Lipinski definition) is 17. The predicted octanol–water partition coefficient (Wildman–Crippen LogP) is -4.49. The fraction of sp³-hybridized carbons (Fsp3) is 1.00. The Hall–Kier alpha value is -0.680. The molecule has 17 nitrogen and oxygen atoms in total. The molecule has 0 aliphatic carbocycles. The molecule has 17 heteroatoms. The van der Waals surface area contributed by atoms with E-state index in [1.54, 1.807) is 20.8 Å². The van der Waals surface area contributed by atoms with E-state index < -0.39 is 42.7 Å². The van der Waals surface area contributed by atoms with E-state index in [-0.39, 0.29) is 66.1 Å². The van der Waals surface area contributed by atoms with Crippen molar-refractivity contribution >= 4 is 0 Å². The summed E-state index contributed by atoms with van der Waals surface area (Å²) in [5.41, 5.74) is 0. The SMILES string of the molecule is CC(O)CO.CC(O)CO.CC(O)CO.CC(O)CO.CC(O)CO.CC(O)CO.CC(O)CO.CCO.CCO.CCO. The molecule has 0 saturated heterocycles. The lowest BCUT2D eigenvalue weighted by molar-refractivity contribution is 0.110. The Morgan fingerprint density at radius 1 is 0.250 bits per heavy atom. The number of aliphatic hydroxyl groups excluding tert-OH is 17. The zero-order chi connectivity index (χ0) is 38.1. The van der Waals surface area contributed by atoms with E-state index >= 15 is 0 Å². The van der Waals surface area contributed by atoms with Gasteiger partial charge in [0.1, 0.15) is 0 Å². The van der Waals surface area contributed by atoms with Gasteiger partial charge in [0, 0.05) is 19.8 Å². The van der Waals surface area contributed by atoms with E-state index in [0.717, 1.165) is 0 Å². The Balaban J connectivity index is -0.0000000367. The second-order valence-corrected chi connectivity index (χ2v) is 8.17. The lowest BCUT2D eigenvalue weighted by atomic mass is 10.5. The zero-order valence-corrected chi connectivity index (χ0v) is 28.7. The fourth-order valence-corrected chi connectivity index (χ4v) is 0. The summed E-state index contributed by atoms with van der Waals surface area (Å²) in [6.07, 6.45) is -3.92. The Labute approximate surface area is 265 Å². The van der Waals surface area contributed by atoms with Gasteiger partial charge in [-0.2, -0.15) is 0 Å². The molecule has 0 saturated carbocycles. The van der Waals surface area contributed by atoms with Gasteiger partial charge in [-0.05, 0) is 69.2 Å². The topological polar surface area (TPSA) is 344 Å². The van der Waals surface area contributed by atoms with Crippen LogP contribution in [0.4, 0.5) is 0 Å². The van der Waals surface area contributed by atoms with E-state index in [1.165, 1.54) is 48.5 Å². The molecule has 0 amide bonds. The van der Waals surface area contributed by atoms with Crippen LogP contribution in [0.25, 0.3) is 0 Å². The molecule has 0 rings (SSSR count). The van der Waals surface area contributed by atoms with Gasteiger partial charge in [0.25, 0.3) is 0 Å². The zero-order valence-electron chi connectivity index (χ0n) is 28.7. The number of hydrogen-bond donors (Lipinski definition) is 17. The molecular weight excluding hydrogens is 596 g/mol. The first-order chi connectivity index (χ1) is 20.1. The van der Waals surface area contributed by atoms with Crippen LogP contribution in [0.2, 0.25) is 0 Å². The van der Waals surface area contributed by atoms with E-state index in [0.29, 0.717) is 0 Å². The summed E-state index contributed by atoms with van der Waals surface area (Å²) in [6, 6.07) is 0. The molecule has 0 heterocycles. The van der Waals surface area contributed by atoms with Gasteiger partial charge in [0.15, 0.2) is 0 Å². The molecule has 7 atom stereocenters. The predicted molar refractivity (Wildman–Crippen MR) is 170 cm³/mol. The maximum atomic E-state index is 8.11. The van der Waals surface area contributed by atoms with Crippen LogP contribution in [0, 0.1) is 0 Å². The molecule has 0 aliphatic heterocycles. The van der Waals surface area contributed by atoms with Crippen LogP contribution in [0.3, 0.4) is 0 Å². The van der Waals surface area contributed by atoms with Crippen LogP contribution >= 0.6 is 0 Å². The standard InChI is InChI=1S/7C3H8O2.3C2H6O/c7*1-3(5)2-4;3*1-2-3/h7*3-5H,2H2,1H3;3*3H,2H2,1H3. The average Bonchev–Trinajstić information content (AvgIpc) is 2.95. The first kappa shape index (κ1) is 69.9. The van der Waals surface area contributed by atoms with Gasteiger partial charge in [-0.3, -0.25) is 0 Å². The highest BCUT2D eigenvalue weighted by atomic mass is 16.3. The first-order valence-corrected chi connectivity index (χ1v) is 14.0. The maximum Gasteiger partial charge on any atom is 0.0742 e.